The summed E-state index contributed by atoms with van der Waals surface area (Å²) in [5, 5.41) is 5.63. The van der Waals surface area contributed by atoms with E-state index in [1.165, 1.54) is 6.08 Å². The van der Waals surface area contributed by atoms with Crippen molar-refractivity contribution >= 4 is 5.91 Å². The second-order valence-corrected chi connectivity index (χ2v) is 3.74. The fourth-order valence-electron chi connectivity index (χ4n) is 1.20. The molecule has 5 heteroatoms. The van der Waals surface area contributed by atoms with Crippen molar-refractivity contribution in [1.82, 2.24) is 15.6 Å². The molecule has 0 radical (unpaired) electrons. The zero-order valence-corrected chi connectivity index (χ0v) is 10.8. The largest absolute Gasteiger partial charge is 0.476 e. The summed E-state index contributed by atoms with van der Waals surface area (Å²) < 4.78 is 5.43. The van der Waals surface area contributed by atoms with Crippen LogP contribution in [0.2, 0.25) is 0 Å². The van der Waals surface area contributed by atoms with E-state index < -0.39 is 0 Å². The number of nitrogens with zero attached hydrogens (tertiary/aromatic N) is 1. The Morgan fingerprint density at radius 3 is 3.00 bits per heavy atom. The Morgan fingerprint density at radius 2 is 2.33 bits per heavy atom. The molecule has 0 aliphatic heterocycles. The van der Waals surface area contributed by atoms with Gasteiger partial charge in [-0.05, 0) is 12.5 Å². The first-order chi connectivity index (χ1) is 8.72. The fourth-order valence-corrected chi connectivity index (χ4v) is 1.20. The maximum Gasteiger partial charge on any atom is 0.243 e. The fraction of sp³-hybridized carbons (Fsp3) is 0.385. The highest BCUT2D eigenvalue weighted by Crippen LogP contribution is 2.05. The number of pyridine rings is 1. The molecule has 0 aromatic carbocycles. The van der Waals surface area contributed by atoms with Crippen LogP contribution < -0.4 is 15.4 Å². The smallest absolute Gasteiger partial charge is 0.243 e. The maximum atomic E-state index is 10.9. The van der Waals surface area contributed by atoms with Gasteiger partial charge >= 0.3 is 0 Å². The van der Waals surface area contributed by atoms with Crippen LogP contribution in [-0.4, -0.2) is 37.6 Å². The number of nitrogens with one attached hydrogen (secondary N) is 2. The molecule has 1 amide bonds. The average molecular weight is 249 g/mol. The van der Waals surface area contributed by atoms with E-state index in [0.717, 1.165) is 5.56 Å². The van der Waals surface area contributed by atoms with Crippen LogP contribution >= 0.6 is 0 Å². The molecule has 0 fully saturated rings. The van der Waals surface area contributed by atoms with Crippen molar-refractivity contribution in [2.24, 2.45) is 0 Å². The van der Waals surface area contributed by atoms with E-state index in [-0.39, 0.29) is 5.91 Å². The molecule has 1 aromatic rings. The molecule has 18 heavy (non-hydrogen) atoms. The number of amides is 1. The number of carbonyl (C=O) groups is 1. The van der Waals surface area contributed by atoms with E-state index >= 15 is 0 Å². The molecule has 2 N–H and O–H groups in total. The van der Waals surface area contributed by atoms with E-state index in [1.807, 2.05) is 19.1 Å². The van der Waals surface area contributed by atoms with Gasteiger partial charge in [-0.15, -0.1) is 0 Å². The Morgan fingerprint density at radius 1 is 1.50 bits per heavy atom. The van der Waals surface area contributed by atoms with Gasteiger partial charge in [-0.1, -0.05) is 12.1 Å². The lowest BCUT2D eigenvalue weighted by atomic mass is 10.3. The molecule has 1 rings (SSSR count). The summed E-state index contributed by atoms with van der Waals surface area (Å²) in [6, 6.07) is 3.81. The van der Waals surface area contributed by atoms with Gasteiger partial charge in [0, 0.05) is 38.5 Å². The SMILES string of the molecule is CNC(=O)/C=C/CNCCOc1ccc(C)cn1. The van der Waals surface area contributed by atoms with E-state index in [4.69, 9.17) is 4.74 Å². The molecule has 0 aliphatic carbocycles. The number of hydrogen-bond acceptors (Lipinski definition) is 4. The highest BCUT2D eigenvalue weighted by Gasteiger charge is 1.93. The number of ether oxygens (including phenoxy) is 1. The van der Waals surface area contributed by atoms with Gasteiger partial charge < -0.3 is 15.4 Å². The molecule has 5 nitrogen and oxygen atoms in total. The first-order valence-corrected chi connectivity index (χ1v) is 5.87. The van der Waals surface area contributed by atoms with E-state index in [1.54, 1.807) is 19.3 Å². The van der Waals surface area contributed by atoms with Crippen molar-refractivity contribution in [3.63, 3.8) is 0 Å². The van der Waals surface area contributed by atoms with Crippen LogP contribution in [0, 0.1) is 6.92 Å². The molecular weight excluding hydrogens is 230 g/mol. The minimum absolute atomic E-state index is 0.100. The standard InChI is InChI=1S/C13H19N3O2/c1-11-5-6-13(16-10-11)18-9-8-15-7-3-4-12(17)14-2/h3-6,10,15H,7-9H2,1-2H3,(H,14,17)/b4-3+. The topological polar surface area (TPSA) is 63.2 Å². The van der Waals surface area contributed by atoms with Crippen molar-refractivity contribution in [3.8, 4) is 5.88 Å². The lowest BCUT2D eigenvalue weighted by Gasteiger charge is -2.05. The van der Waals surface area contributed by atoms with Crippen molar-refractivity contribution in [2.75, 3.05) is 26.7 Å². The Kier molecular flexibility index (Phi) is 6.50. The number of carbonyl (C=O) groups excluding carboxylic acids is 1. The molecule has 0 unspecified atom stereocenters. The molecule has 0 saturated heterocycles. The van der Waals surface area contributed by atoms with E-state index in [2.05, 4.69) is 15.6 Å². The maximum absolute atomic E-state index is 10.9. The number of aromatic nitrogens is 1. The second-order valence-electron chi connectivity index (χ2n) is 3.74. The van der Waals surface area contributed by atoms with Gasteiger partial charge in [0.25, 0.3) is 0 Å². The van der Waals surface area contributed by atoms with E-state index in [9.17, 15) is 4.79 Å². The summed E-state index contributed by atoms with van der Waals surface area (Å²) in [7, 11) is 1.60. The summed E-state index contributed by atoms with van der Waals surface area (Å²) in [6.07, 6.45) is 5.03. The Labute approximate surface area is 107 Å². The molecular formula is C13H19N3O2. The predicted octanol–water partition coefficient (Wildman–Crippen LogP) is 0.661. The normalized spacial score (nSPS) is 10.6. The molecule has 0 saturated carbocycles. The second kappa shape index (κ2) is 8.25. The van der Waals surface area contributed by atoms with Crippen LogP contribution in [0.25, 0.3) is 0 Å². The molecule has 0 aliphatic rings. The quantitative estimate of drug-likeness (QED) is 0.550. The lowest BCUT2D eigenvalue weighted by Crippen LogP contribution is -2.22. The Balaban J connectivity index is 2.07. The minimum Gasteiger partial charge on any atom is -0.476 e. The van der Waals surface area contributed by atoms with Crippen LogP contribution in [0.5, 0.6) is 5.88 Å². The zero-order valence-electron chi connectivity index (χ0n) is 10.8. The molecule has 1 heterocycles. The molecule has 0 atom stereocenters. The van der Waals surface area contributed by atoms with Gasteiger partial charge in [0.05, 0.1) is 0 Å². The van der Waals surface area contributed by atoms with Crippen LogP contribution in [-0.2, 0) is 4.79 Å². The number of rotatable bonds is 7. The monoisotopic (exact) mass is 249 g/mol. The summed E-state index contributed by atoms with van der Waals surface area (Å²) in [5.74, 6) is 0.528. The highest BCUT2D eigenvalue weighted by molar-refractivity contribution is 5.87. The van der Waals surface area contributed by atoms with Crippen molar-refractivity contribution in [1.29, 1.82) is 0 Å². The number of likely N-dealkylation sites (N-methyl/N-ethyl adjacent to an activating group) is 1. The van der Waals surface area contributed by atoms with Crippen LogP contribution in [0.4, 0.5) is 0 Å². The molecule has 98 valence electrons. The Hall–Kier alpha value is -1.88. The van der Waals surface area contributed by atoms with Gasteiger partial charge in [-0.3, -0.25) is 4.79 Å². The minimum atomic E-state index is -0.100. The van der Waals surface area contributed by atoms with Gasteiger partial charge in [-0.25, -0.2) is 4.98 Å². The first kappa shape index (κ1) is 14.2. The number of aryl methyl sites for hydroxylation is 1. The third-order valence-corrected chi connectivity index (χ3v) is 2.19. The van der Waals surface area contributed by atoms with Crippen LogP contribution in [0.3, 0.4) is 0 Å². The molecule has 1 aromatic heterocycles. The molecule has 0 spiro atoms. The van der Waals surface area contributed by atoms with Gasteiger partial charge in [0.15, 0.2) is 0 Å². The van der Waals surface area contributed by atoms with Crippen LogP contribution in [0.15, 0.2) is 30.5 Å². The van der Waals surface area contributed by atoms with Gasteiger partial charge in [0.2, 0.25) is 11.8 Å². The lowest BCUT2D eigenvalue weighted by molar-refractivity contribution is -0.116. The number of hydrogen-bond donors (Lipinski definition) is 2. The van der Waals surface area contributed by atoms with Crippen molar-refractivity contribution < 1.29 is 9.53 Å². The first-order valence-electron chi connectivity index (χ1n) is 5.87. The van der Waals surface area contributed by atoms with Crippen LogP contribution in [0.1, 0.15) is 5.56 Å². The Bertz CT molecular complexity index is 388. The zero-order chi connectivity index (χ0) is 13.2. The summed E-state index contributed by atoms with van der Waals surface area (Å²) in [5.41, 5.74) is 1.11. The van der Waals surface area contributed by atoms with Gasteiger partial charge in [-0.2, -0.15) is 0 Å². The average Bonchev–Trinajstić information content (AvgIpc) is 2.39. The third-order valence-electron chi connectivity index (χ3n) is 2.19. The third kappa shape index (κ3) is 6.00. The predicted molar refractivity (Wildman–Crippen MR) is 70.5 cm³/mol. The highest BCUT2D eigenvalue weighted by atomic mass is 16.5. The summed E-state index contributed by atoms with van der Waals surface area (Å²) in [6.45, 7) is 3.87. The van der Waals surface area contributed by atoms with Gasteiger partial charge in [0.1, 0.15) is 6.61 Å². The van der Waals surface area contributed by atoms with Crippen molar-refractivity contribution in [3.05, 3.63) is 36.0 Å². The summed E-state index contributed by atoms with van der Waals surface area (Å²) in [4.78, 5) is 15.0. The van der Waals surface area contributed by atoms with Crippen molar-refractivity contribution in [2.45, 2.75) is 6.92 Å². The summed E-state index contributed by atoms with van der Waals surface area (Å²) >= 11 is 0. The van der Waals surface area contributed by atoms with E-state index in [0.29, 0.717) is 25.6 Å². The molecule has 0 bridgehead atoms.